The standard InChI is InChI=1S/C11H13BrClNO4S/c1-18-11(15)8-5-9(12)7-10(6-8)14-19(16,17)4-2-3-13/h5-7,14H,2-4H2,1H3. The summed E-state index contributed by atoms with van der Waals surface area (Å²) in [4.78, 5) is 11.4. The van der Waals surface area contributed by atoms with Gasteiger partial charge in [0.15, 0.2) is 0 Å². The number of benzene rings is 1. The van der Waals surface area contributed by atoms with Crippen molar-refractivity contribution >= 4 is 49.2 Å². The van der Waals surface area contributed by atoms with Gasteiger partial charge in [-0.3, -0.25) is 4.72 Å². The van der Waals surface area contributed by atoms with Crippen molar-refractivity contribution in [3.63, 3.8) is 0 Å². The molecule has 1 aromatic carbocycles. The van der Waals surface area contributed by atoms with Gasteiger partial charge in [0.05, 0.1) is 24.1 Å². The average Bonchev–Trinajstić information content (AvgIpc) is 2.34. The molecule has 0 saturated carbocycles. The van der Waals surface area contributed by atoms with E-state index in [1.165, 1.54) is 13.2 Å². The molecule has 0 atom stereocenters. The smallest absolute Gasteiger partial charge is 0.337 e. The summed E-state index contributed by atoms with van der Waals surface area (Å²) in [6.45, 7) is 0. The molecule has 1 N–H and O–H groups in total. The van der Waals surface area contributed by atoms with E-state index in [-0.39, 0.29) is 17.2 Å². The molecule has 5 nitrogen and oxygen atoms in total. The number of hydrogen-bond donors (Lipinski definition) is 1. The molecule has 0 aliphatic carbocycles. The summed E-state index contributed by atoms with van der Waals surface area (Å²) in [7, 11) is -2.21. The Labute approximate surface area is 125 Å². The fraction of sp³-hybridized carbons (Fsp3) is 0.364. The van der Waals surface area contributed by atoms with Gasteiger partial charge in [-0.1, -0.05) is 15.9 Å². The highest BCUT2D eigenvalue weighted by Crippen LogP contribution is 2.21. The first kappa shape index (κ1) is 16.3. The summed E-state index contributed by atoms with van der Waals surface area (Å²) in [5, 5.41) is 0. The lowest BCUT2D eigenvalue weighted by molar-refractivity contribution is 0.0600. The Balaban J connectivity index is 2.96. The van der Waals surface area contributed by atoms with E-state index < -0.39 is 16.0 Å². The van der Waals surface area contributed by atoms with Gasteiger partial charge >= 0.3 is 5.97 Å². The van der Waals surface area contributed by atoms with Crippen LogP contribution in [0.4, 0.5) is 5.69 Å². The highest BCUT2D eigenvalue weighted by Gasteiger charge is 2.13. The third kappa shape index (κ3) is 5.38. The lowest BCUT2D eigenvalue weighted by Gasteiger charge is -2.09. The van der Waals surface area contributed by atoms with Crippen LogP contribution in [0.15, 0.2) is 22.7 Å². The van der Waals surface area contributed by atoms with Gasteiger partial charge < -0.3 is 4.74 Å². The summed E-state index contributed by atoms with van der Waals surface area (Å²) >= 11 is 8.67. The van der Waals surface area contributed by atoms with Crippen LogP contribution >= 0.6 is 27.5 Å². The minimum absolute atomic E-state index is 0.0728. The van der Waals surface area contributed by atoms with Gasteiger partial charge in [0.1, 0.15) is 0 Å². The van der Waals surface area contributed by atoms with Crippen LogP contribution in [0.2, 0.25) is 0 Å². The lowest BCUT2D eigenvalue weighted by Crippen LogP contribution is -2.17. The van der Waals surface area contributed by atoms with E-state index in [9.17, 15) is 13.2 Å². The van der Waals surface area contributed by atoms with Crippen LogP contribution in [0.5, 0.6) is 0 Å². The summed E-state index contributed by atoms with van der Waals surface area (Å²) in [5.74, 6) is -0.342. The van der Waals surface area contributed by atoms with E-state index in [0.717, 1.165) is 0 Å². The van der Waals surface area contributed by atoms with E-state index >= 15 is 0 Å². The SMILES string of the molecule is COC(=O)c1cc(Br)cc(NS(=O)(=O)CCCCl)c1. The van der Waals surface area contributed by atoms with Crippen LogP contribution in [-0.2, 0) is 14.8 Å². The van der Waals surface area contributed by atoms with Gasteiger partial charge in [-0.15, -0.1) is 11.6 Å². The van der Waals surface area contributed by atoms with Gasteiger partial charge in [-0.05, 0) is 24.6 Å². The zero-order valence-corrected chi connectivity index (χ0v) is 13.3. The molecule has 1 rings (SSSR count). The van der Waals surface area contributed by atoms with Gasteiger partial charge in [-0.25, -0.2) is 13.2 Å². The highest BCUT2D eigenvalue weighted by molar-refractivity contribution is 9.10. The van der Waals surface area contributed by atoms with Crippen molar-refractivity contribution in [1.29, 1.82) is 0 Å². The molecule has 0 fully saturated rings. The summed E-state index contributed by atoms with van der Waals surface area (Å²) in [6.07, 6.45) is 0.356. The number of rotatable bonds is 6. The minimum Gasteiger partial charge on any atom is -0.465 e. The quantitative estimate of drug-likeness (QED) is 0.617. The molecule has 19 heavy (non-hydrogen) atoms. The second-order valence-electron chi connectivity index (χ2n) is 3.68. The van der Waals surface area contributed by atoms with E-state index in [1.54, 1.807) is 12.1 Å². The summed E-state index contributed by atoms with van der Waals surface area (Å²) in [5.41, 5.74) is 0.552. The number of sulfonamides is 1. The first-order chi connectivity index (χ1) is 8.88. The van der Waals surface area contributed by atoms with Crippen LogP contribution in [-0.4, -0.2) is 33.1 Å². The Hall–Kier alpha value is -0.790. The molecular formula is C11H13BrClNO4S. The van der Waals surface area contributed by atoms with Crippen molar-refractivity contribution in [3.8, 4) is 0 Å². The largest absolute Gasteiger partial charge is 0.465 e. The topological polar surface area (TPSA) is 72.5 Å². The van der Waals surface area contributed by atoms with Crippen molar-refractivity contribution in [2.24, 2.45) is 0 Å². The Morgan fingerprint density at radius 3 is 2.68 bits per heavy atom. The molecule has 0 aliphatic heterocycles. The fourth-order valence-corrected chi connectivity index (χ4v) is 3.25. The molecule has 0 aromatic heterocycles. The van der Waals surface area contributed by atoms with Crippen LogP contribution in [0.3, 0.4) is 0 Å². The molecule has 1 aromatic rings. The maximum absolute atomic E-state index is 11.7. The molecule has 0 spiro atoms. The highest BCUT2D eigenvalue weighted by atomic mass is 79.9. The Kier molecular flexibility index (Phi) is 6.09. The van der Waals surface area contributed by atoms with Crippen molar-refractivity contribution in [3.05, 3.63) is 28.2 Å². The number of hydrogen-bond acceptors (Lipinski definition) is 4. The third-order valence-electron chi connectivity index (χ3n) is 2.14. The monoisotopic (exact) mass is 369 g/mol. The Morgan fingerprint density at radius 2 is 2.11 bits per heavy atom. The number of ether oxygens (including phenoxy) is 1. The number of halogens is 2. The van der Waals surface area contributed by atoms with E-state index in [1.807, 2.05) is 0 Å². The molecule has 0 bridgehead atoms. The second-order valence-corrected chi connectivity index (χ2v) is 6.82. The minimum atomic E-state index is -3.47. The van der Waals surface area contributed by atoms with Crippen LogP contribution in [0.25, 0.3) is 0 Å². The maximum atomic E-state index is 11.7. The number of methoxy groups -OCH3 is 1. The number of nitrogens with one attached hydrogen (secondary N) is 1. The molecule has 0 radical (unpaired) electrons. The molecule has 0 aliphatic rings. The second kappa shape index (κ2) is 7.12. The molecule has 0 saturated heterocycles. The third-order valence-corrected chi connectivity index (χ3v) is 4.24. The molecule has 106 valence electrons. The maximum Gasteiger partial charge on any atom is 0.337 e. The summed E-state index contributed by atoms with van der Waals surface area (Å²) in [6, 6.07) is 4.52. The molecule has 0 amide bonds. The predicted octanol–water partition coefficient (Wildman–Crippen LogP) is 2.61. The van der Waals surface area contributed by atoms with Gasteiger partial charge in [0, 0.05) is 10.4 Å². The van der Waals surface area contributed by atoms with Gasteiger partial charge in [0.25, 0.3) is 0 Å². The predicted molar refractivity (Wildman–Crippen MR) is 78.2 cm³/mol. The van der Waals surface area contributed by atoms with Crippen molar-refractivity contribution < 1.29 is 17.9 Å². The number of anilines is 1. The number of esters is 1. The van der Waals surface area contributed by atoms with Gasteiger partial charge in [-0.2, -0.15) is 0 Å². The van der Waals surface area contributed by atoms with Crippen molar-refractivity contribution in [2.45, 2.75) is 6.42 Å². The van der Waals surface area contributed by atoms with Crippen LogP contribution < -0.4 is 4.72 Å². The number of alkyl halides is 1. The number of carbonyl (C=O) groups excluding carboxylic acids is 1. The Morgan fingerprint density at radius 1 is 1.42 bits per heavy atom. The fourth-order valence-electron chi connectivity index (χ4n) is 1.36. The molecular weight excluding hydrogens is 358 g/mol. The zero-order valence-electron chi connectivity index (χ0n) is 10.2. The molecule has 0 heterocycles. The molecule has 8 heteroatoms. The first-order valence-electron chi connectivity index (χ1n) is 5.33. The normalized spacial score (nSPS) is 11.1. The number of carbonyl (C=O) groups is 1. The van der Waals surface area contributed by atoms with E-state index in [4.69, 9.17) is 11.6 Å². The summed E-state index contributed by atoms with van der Waals surface area (Å²) < 4.78 is 31.0. The Bertz CT molecular complexity index is 562. The van der Waals surface area contributed by atoms with E-state index in [0.29, 0.717) is 16.6 Å². The average molecular weight is 371 g/mol. The van der Waals surface area contributed by atoms with Gasteiger partial charge in [0.2, 0.25) is 10.0 Å². The van der Waals surface area contributed by atoms with Crippen LogP contribution in [0, 0.1) is 0 Å². The van der Waals surface area contributed by atoms with Crippen molar-refractivity contribution in [2.75, 3.05) is 23.5 Å². The van der Waals surface area contributed by atoms with E-state index in [2.05, 4.69) is 25.4 Å². The molecule has 0 unspecified atom stereocenters. The first-order valence-corrected chi connectivity index (χ1v) is 8.31. The lowest BCUT2D eigenvalue weighted by atomic mass is 10.2. The zero-order chi connectivity index (χ0) is 14.5. The van der Waals surface area contributed by atoms with Crippen LogP contribution in [0.1, 0.15) is 16.8 Å². The van der Waals surface area contributed by atoms with Crippen molar-refractivity contribution in [1.82, 2.24) is 0 Å².